The van der Waals surface area contributed by atoms with E-state index in [1.54, 1.807) is 12.1 Å². The molecule has 1 aromatic rings. The van der Waals surface area contributed by atoms with E-state index in [-0.39, 0.29) is 18.1 Å². The fourth-order valence-corrected chi connectivity index (χ4v) is 11.3. The Morgan fingerprint density at radius 1 is 1.02 bits per heavy atom. The van der Waals surface area contributed by atoms with Gasteiger partial charge in [-0.25, -0.2) is 0 Å². The predicted molar refractivity (Wildman–Crippen MR) is 162 cm³/mol. The first-order valence-electron chi connectivity index (χ1n) is 16.4. The largest absolute Gasteiger partial charge is 0.393 e. The van der Waals surface area contributed by atoms with E-state index in [4.69, 9.17) is 4.18 Å². The van der Waals surface area contributed by atoms with Gasteiger partial charge >= 0.3 is 0 Å². The second-order valence-corrected chi connectivity index (χ2v) is 16.2. The summed E-state index contributed by atoms with van der Waals surface area (Å²) in [4.78, 5) is 0.309. The Kier molecular flexibility index (Phi) is 8.97. The zero-order chi connectivity index (χ0) is 28.7. The average Bonchev–Trinajstić information content (AvgIpc) is 3.29. The Bertz CT molecular complexity index is 1170. The Balaban J connectivity index is 1.39. The van der Waals surface area contributed by atoms with Crippen molar-refractivity contribution in [2.24, 2.45) is 46.3 Å². The van der Waals surface area contributed by atoms with Crippen molar-refractivity contribution in [1.82, 2.24) is 0 Å². The molecule has 0 aromatic heterocycles. The monoisotopic (exact) mass is 570 g/mol. The van der Waals surface area contributed by atoms with Crippen LogP contribution in [0.15, 0.2) is 40.8 Å². The fraction of sp³-hybridized carbons (Fsp3) is 0.771. The standard InChI is InChI=1S/C35H54O4S/c1-6-26-12-7-8-13-33(26)40(37,38)39-23-35-21-18-28(36)22-27(35)14-15-29-31-17-16-30(25(4)11-9-10-24(2)3)34(31,5)20-19-32(29)35/h7-8,12-14,24-25,28-32,36H,6,9-11,15-23H2,1-5H3/t25-,28+,29+,30-,31+,32+,34-,35-/m1/s1. The third-order valence-corrected chi connectivity index (χ3v) is 13.5. The van der Waals surface area contributed by atoms with Crippen LogP contribution in [0, 0.1) is 46.3 Å². The van der Waals surface area contributed by atoms with Crippen LogP contribution in [0.5, 0.6) is 0 Å². The van der Waals surface area contributed by atoms with Gasteiger partial charge in [0.1, 0.15) is 0 Å². The van der Waals surface area contributed by atoms with Crippen LogP contribution >= 0.6 is 0 Å². The number of aliphatic hydroxyl groups is 1. The van der Waals surface area contributed by atoms with Gasteiger partial charge in [0, 0.05) is 5.41 Å². The summed E-state index contributed by atoms with van der Waals surface area (Å²) in [6.45, 7) is 12.0. The number of benzene rings is 1. The van der Waals surface area contributed by atoms with E-state index in [2.05, 4.69) is 33.8 Å². The van der Waals surface area contributed by atoms with Crippen molar-refractivity contribution in [2.45, 2.75) is 123 Å². The first kappa shape index (κ1) is 30.3. The van der Waals surface area contributed by atoms with Gasteiger partial charge in [0.15, 0.2) is 0 Å². The van der Waals surface area contributed by atoms with Gasteiger partial charge < -0.3 is 5.11 Å². The van der Waals surface area contributed by atoms with Crippen molar-refractivity contribution in [2.75, 3.05) is 6.61 Å². The first-order valence-corrected chi connectivity index (χ1v) is 17.8. The van der Waals surface area contributed by atoms with Crippen molar-refractivity contribution in [1.29, 1.82) is 0 Å². The lowest BCUT2D eigenvalue weighted by Gasteiger charge is -2.59. The predicted octanol–water partition coefficient (Wildman–Crippen LogP) is 8.34. The van der Waals surface area contributed by atoms with Crippen LogP contribution < -0.4 is 0 Å². The van der Waals surface area contributed by atoms with Gasteiger partial charge in [0.25, 0.3) is 10.1 Å². The molecule has 0 amide bonds. The topological polar surface area (TPSA) is 63.6 Å². The summed E-state index contributed by atoms with van der Waals surface area (Å²) in [5.74, 6) is 4.06. The lowest BCUT2D eigenvalue weighted by atomic mass is 9.46. The molecule has 0 unspecified atom stereocenters. The average molecular weight is 571 g/mol. The lowest BCUT2D eigenvalue weighted by Crippen LogP contribution is -2.53. The van der Waals surface area contributed by atoms with E-state index in [1.807, 2.05) is 19.1 Å². The van der Waals surface area contributed by atoms with Crippen LogP contribution in [0.3, 0.4) is 0 Å². The van der Waals surface area contributed by atoms with Gasteiger partial charge in [-0.3, -0.25) is 4.18 Å². The van der Waals surface area contributed by atoms with Gasteiger partial charge in [-0.2, -0.15) is 8.42 Å². The summed E-state index contributed by atoms with van der Waals surface area (Å²) in [5, 5.41) is 10.6. The van der Waals surface area contributed by atoms with Crippen LogP contribution in [-0.4, -0.2) is 26.2 Å². The molecule has 0 bridgehead atoms. The van der Waals surface area contributed by atoms with E-state index in [0.29, 0.717) is 40.9 Å². The highest BCUT2D eigenvalue weighted by atomic mass is 32.2. The Morgan fingerprint density at radius 3 is 2.55 bits per heavy atom. The number of hydrogen-bond acceptors (Lipinski definition) is 4. The molecule has 4 nitrogen and oxygen atoms in total. The maximum absolute atomic E-state index is 13.5. The van der Waals surface area contributed by atoms with Gasteiger partial charge in [0.05, 0.1) is 17.6 Å². The Morgan fingerprint density at radius 2 is 1.80 bits per heavy atom. The normalized spacial score (nSPS) is 36.5. The number of fused-ring (bicyclic) bond motifs is 5. The molecule has 5 heteroatoms. The SMILES string of the molecule is CCc1ccccc1S(=O)(=O)OC[C@]12CC[C@H](O)CC1=CC[C@@H]1[C@@H]2CC[C@]2(C)[C@@H]([C@H](C)CCCC(C)C)CC[C@@H]12. The molecule has 40 heavy (non-hydrogen) atoms. The van der Waals surface area contributed by atoms with Gasteiger partial charge in [-0.1, -0.05) is 83.7 Å². The zero-order valence-corrected chi connectivity index (χ0v) is 26.5. The molecule has 224 valence electrons. The minimum Gasteiger partial charge on any atom is -0.393 e. The van der Waals surface area contributed by atoms with Crippen LogP contribution in [0.25, 0.3) is 0 Å². The second kappa shape index (κ2) is 11.8. The number of aliphatic hydroxyl groups excluding tert-OH is 1. The van der Waals surface area contributed by atoms with Crippen LogP contribution in [0.2, 0.25) is 0 Å². The molecular formula is C35H54O4S. The molecule has 0 spiro atoms. The molecule has 4 aliphatic carbocycles. The van der Waals surface area contributed by atoms with E-state index < -0.39 is 10.1 Å². The molecule has 0 aliphatic heterocycles. The quantitative estimate of drug-likeness (QED) is 0.227. The smallest absolute Gasteiger partial charge is 0.297 e. The van der Waals surface area contributed by atoms with Crippen molar-refractivity contribution >= 4 is 10.1 Å². The fourth-order valence-electron chi connectivity index (χ4n) is 10.0. The first-order chi connectivity index (χ1) is 19.0. The molecular weight excluding hydrogens is 516 g/mol. The summed E-state index contributed by atoms with van der Waals surface area (Å²) in [6, 6.07) is 7.25. The van der Waals surface area contributed by atoms with E-state index in [9.17, 15) is 13.5 Å². The van der Waals surface area contributed by atoms with E-state index >= 15 is 0 Å². The molecule has 1 aromatic carbocycles. The van der Waals surface area contributed by atoms with Gasteiger partial charge in [-0.05, 0) is 110 Å². The maximum atomic E-state index is 13.5. The number of aryl methyl sites for hydroxylation is 1. The van der Waals surface area contributed by atoms with Crippen molar-refractivity contribution < 1.29 is 17.7 Å². The Hall–Kier alpha value is -1.17. The highest BCUT2D eigenvalue weighted by Crippen LogP contribution is 2.67. The van der Waals surface area contributed by atoms with Crippen LogP contribution in [-0.2, 0) is 20.7 Å². The minimum atomic E-state index is -3.86. The van der Waals surface area contributed by atoms with Gasteiger partial charge in [-0.15, -0.1) is 0 Å². The van der Waals surface area contributed by atoms with Crippen LogP contribution in [0.1, 0.15) is 111 Å². The van der Waals surface area contributed by atoms with E-state index in [1.165, 1.54) is 44.1 Å². The molecule has 0 saturated heterocycles. The Labute approximate surface area is 244 Å². The molecule has 8 atom stereocenters. The third-order valence-electron chi connectivity index (χ3n) is 12.1. The molecule has 5 rings (SSSR count). The molecule has 0 heterocycles. The van der Waals surface area contributed by atoms with Crippen molar-refractivity contribution in [3.63, 3.8) is 0 Å². The van der Waals surface area contributed by atoms with Crippen molar-refractivity contribution in [3.8, 4) is 0 Å². The highest BCUT2D eigenvalue weighted by molar-refractivity contribution is 7.86. The molecule has 0 radical (unpaired) electrons. The number of allylic oxidation sites excluding steroid dienone is 1. The second-order valence-electron chi connectivity index (χ2n) is 14.6. The minimum absolute atomic E-state index is 0.214. The summed E-state index contributed by atoms with van der Waals surface area (Å²) in [7, 11) is -3.86. The molecule has 4 aliphatic rings. The summed E-state index contributed by atoms with van der Waals surface area (Å²) in [5.41, 5.74) is 2.18. The molecule has 1 N–H and O–H groups in total. The molecule has 3 saturated carbocycles. The number of rotatable bonds is 10. The van der Waals surface area contributed by atoms with Crippen molar-refractivity contribution in [3.05, 3.63) is 41.5 Å². The summed E-state index contributed by atoms with van der Waals surface area (Å²) < 4.78 is 33.1. The lowest BCUT2D eigenvalue weighted by molar-refractivity contribution is -0.0755. The van der Waals surface area contributed by atoms with Crippen LogP contribution in [0.4, 0.5) is 0 Å². The maximum Gasteiger partial charge on any atom is 0.297 e. The molecule has 3 fully saturated rings. The van der Waals surface area contributed by atoms with Gasteiger partial charge in [0.2, 0.25) is 0 Å². The summed E-state index contributed by atoms with van der Waals surface area (Å²) in [6.07, 6.45) is 15.1. The number of hydrogen-bond donors (Lipinski definition) is 1. The third kappa shape index (κ3) is 5.49. The summed E-state index contributed by atoms with van der Waals surface area (Å²) >= 11 is 0. The van der Waals surface area contributed by atoms with E-state index in [0.717, 1.165) is 49.0 Å². The zero-order valence-electron chi connectivity index (χ0n) is 25.7. The highest BCUT2D eigenvalue weighted by Gasteiger charge is 2.60.